The average Bonchev–Trinajstić information content (AvgIpc) is 3.42. The molecule has 0 radical (unpaired) electrons. The molecule has 28 heavy (non-hydrogen) atoms. The monoisotopic (exact) mass is 422 g/mol. The van der Waals surface area contributed by atoms with Gasteiger partial charge in [-0.2, -0.15) is 0 Å². The molecule has 1 aromatic rings. The van der Waals surface area contributed by atoms with Gasteiger partial charge in [0.15, 0.2) is 8.32 Å². The lowest BCUT2D eigenvalue weighted by molar-refractivity contribution is 0.203. The summed E-state index contributed by atoms with van der Waals surface area (Å²) in [7, 11) is -1.81. The van der Waals surface area contributed by atoms with Gasteiger partial charge in [-0.1, -0.05) is 52.0 Å². The Morgan fingerprint density at radius 3 is 2.21 bits per heavy atom. The lowest BCUT2D eigenvalue weighted by Crippen LogP contribution is -2.41. The van der Waals surface area contributed by atoms with Crippen molar-refractivity contribution in [2.45, 2.75) is 84.2 Å². The first kappa shape index (κ1) is 23.3. The molecule has 2 N–H and O–H groups in total. The summed E-state index contributed by atoms with van der Waals surface area (Å²) < 4.78 is 8.33. The van der Waals surface area contributed by atoms with Crippen LogP contribution in [0, 0.1) is 5.92 Å². The van der Waals surface area contributed by atoms with Crippen molar-refractivity contribution < 1.29 is 9.22 Å². The number of carbonyl (C=O) groups is 1. The molecular weight excluding hydrogens is 384 g/mol. The van der Waals surface area contributed by atoms with Gasteiger partial charge in [-0.05, 0) is 73.3 Å². The van der Waals surface area contributed by atoms with Gasteiger partial charge < -0.3 is 10.2 Å². The minimum absolute atomic E-state index is 0.0658. The van der Waals surface area contributed by atoms with E-state index in [-0.39, 0.29) is 23.2 Å². The van der Waals surface area contributed by atoms with Crippen molar-refractivity contribution in [3.05, 3.63) is 35.4 Å². The highest BCUT2D eigenvalue weighted by Gasteiger charge is 2.40. The minimum Gasteiger partial charge on any atom is -0.410 e. The zero-order chi connectivity index (χ0) is 21.1. The Bertz CT molecular complexity index is 653. The molecule has 0 saturated heterocycles. The molecule has 2 amide bonds. The van der Waals surface area contributed by atoms with Crippen LogP contribution in [0.2, 0.25) is 18.1 Å². The predicted molar refractivity (Wildman–Crippen MR) is 123 cm³/mol. The summed E-state index contributed by atoms with van der Waals surface area (Å²) in [4.78, 5) is 12.1. The van der Waals surface area contributed by atoms with Gasteiger partial charge in [-0.15, -0.1) is 0 Å². The SMILES string of the molecule is CCCSN(C(N)=O)C(c1ccc(C(C)O[Si](C)(C)C(C)(C)C)cc1)C1CC1. The van der Waals surface area contributed by atoms with Crippen molar-refractivity contribution in [2.75, 3.05) is 5.75 Å². The van der Waals surface area contributed by atoms with Crippen LogP contribution in [0.3, 0.4) is 0 Å². The molecule has 2 rings (SSSR count). The van der Waals surface area contributed by atoms with E-state index in [0.29, 0.717) is 5.92 Å². The highest BCUT2D eigenvalue weighted by molar-refractivity contribution is 7.97. The normalized spacial score (nSPS) is 17.2. The largest absolute Gasteiger partial charge is 0.410 e. The Labute approximate surface area is 176 Å². The fourth-order valence-corrected chi connectivity index (χ4v) is 5.47. The molecule has 158 valence electrons. The third-order valence-corrected chi connectivity index (χ3v) is 11.8. The lowest BCUT2D eigenvalue weighted by atomic mass is 9.99. The zero-order valence-electron chi connectivity index (χ0n) is 18.6. The molecule has 1 saturated carbocycles. The highest BCUT2D eigenvalue weighted by Crippen LogP contribution is 2.47. The second-order valence-corrected chi connectivity index (χ2v) is 15.3. The van der Waals surface area contributed by atoms with E-state index >= 15 is 0 Å². The number of hydrogen-bond acceptors (Lipinski definition) is 3. The van der Waals surface area contributed by atoms with Crippen molar-refractivity contribution in [3.8, 4) is 0 Å². The molecule has 0 heterocycles. The van der Waals surface area contributed by atoms with Crippen LogP contribution in [0.1, 0.15) is 77.2 Å². The van der Waals surface area contributed by atoms with Crippen LogP contribution in [0.5, 0.6) is 0 Å². The van der Waals surface area contributed by atoms with Gasteiger partial charge in [0.05, 0.1) is 12.1 Å². The molecular formula is C22H38N2O2SSi. The number of amides is 2. The van der Waals surface area contributed by atoms with E-state index in [1.807, 2.05) is 0 Å². The van der Waals surface area contributed by atoms with E-state index in [4.69, 9.17) is 10.2 Å². The summed E-state index contributed by atoms with van der Waals surface area (Å²) >= 11 is 1.56. The van der Waals surface area contributed by atoms with Gasteiger partial charge in [0.25, 0.3) is 0 Å². The van der Waals surface area contributed by atoms with Crippen LogP contribution < -0.4 is 5.73 Å². The van der Waals surface area contributed by atoms with Crippen LogP contribution >= 0.6 is 11.9 Å². The molecule has 1 aliphatic rings. The summed E-state index contributed by atoms with van der Waals surface area (Å²) in [6, 6.07) is 8.37. The Morgan fingerprint density at radius 1 is 1.25 bits per heavy atom. The summed E-state index contributed by atoms with van der Waals surface area (Å²) in [5.74, 6) is 1.42. The van der Waals surface area contributed by atoms with Crippen molar-refractivity contribution >= 4 is 26.3 Å². The number of rotatable bonds is 9. The average molecular weight is 423 g/mol. The molecule has 1 aromatic carbocycles. The molecule has 0 aliphatic heterocycles. The quantitative estimate of drug-likeness (QED) is 0.357. The topological polar surface area (TPSA) is 55.6 Å². The molecule has 0 aromatic heterocycles. The molecule has 1 fully saturated rings. The zero-order valence-corrected chi connectivity index (χ0v) is 20.4. The van der Waals surface area contributed by atoms with Crippen molar-refractivity contribution in [3.63, 3.8) is 0 Å². The highest BCUT2D eigenvalue weighted by atomic mass is 32.2. The van der Waals surface area contributed by atoms with E-state index in [1.165, 1.54) is 11.1 Å². The van der Waals surface area contributed by atoms with Gasteiger partial charge in [0.1, 0.15) is 0 Å². The first-order valence-corrected chi connectivity index (χ1v) is 14.3. The summed E-state index contributed by atoms with van der Waals surface area (Å²) in [5, 5.41) is 0.191. The molecule has 1 aliphatic carbocycles. The van der Waals surface area contributed by atoms with Crippen LogP contribution in [0.25, 0.3) is 0 Å². The van der Waals surface area contributed by atoms with Crippen molar-refractivity contribution in [2.24, 2.45) is 11.7 Å². The number of hydrogen-bond donors (Lipinski definition) is 1. The molecule has 0 spiro atoms. The molecule has 6 heteroatoms. The molecule has 0 bridgehead atoms. The Morgan fingerprint density at radius 2 is 1.79 bits per heavy atom. The van der Waals surface area contributed by atoms with Gasteiger partial charge >= 0.3 is 6.03 Å². The second-order valence-electron chi connectivity index (χ2n) is 9.47. The number of nitrogens with two attached hydrogens (primary N) is 1. The Hall–Kier alpha value is -0.983. The Balaban J connectivity index is 2.18. The molecule has 2 unspecified atom stereocenters. The van der Waals surface area contributed by atoms with Crippen LogP contribution in [-0.4, -0.2) is 24.4 Å². The number of carbonyl (C=O) groups excluding carboxylic acids is 1. The maximum atomic E-state index is 12.1. The van der Waals surface area contributed by atoms with Crippen LogP contribution in [0.15, 0.2) is 24.3 Å². The van der Waals surface area contributed by atoms with Crippen molar-refractivity contribution in [1.29, 1.82) is 0 Å². The number of primary amides is 1. The van der Waals surface area contributed by atoms with Crippen molar-refractivity contribution in [1.82, 2.24) is 4.31 Å². The van der Waals surface area contributed by atoms with Crippen LogP contribution in [-0.2, 0) is 4.43 Å². The predicted octanol–water partition coefficient (Wildman–Crippen LogP) is 6.66. The third kappa shape index (κ3) is 5.77. The summed E-state index contributed by atoms with van der Waals surface area (Å²) in [6.07, 6.45) is 3.41. The summed E-state index contributed by atoms with van der Waals surface area (Å²) in [6.45, 7) is 15.6. The fraction of sp³-hybridized carbons (Fsp3) is 0.682. The molecule has 4 nitrogen and oxygen atoms in total. The van der Waals surface area contributed by atoms with Gasteiger partial charge in [-0.3, -0.25) is 4.31 Å². The van der Waals surface area contributed by atoms with E-state index < -0.39 is 8.32 Å². The second kappa shape index (κ2) is 9.22. The number of urea groups is 1. The van der Waals surface area contributed by atoms with Crippen LogP contribution in [0.4, 0.5) is 4.79 Å². The fourth-order valence-electron chi connectivity index (χ4n) is 3.13. The van der Waals surface area contributed by atoms with E-state index in [9.17, 15) is 4.79 Å². The smallest absolute Gasteiger partial charge is 0.325 e. The summed E-state index contributed by atoms with van der Waals surface area (Å²) in [5.41, 5.74) is 8.08. The maximum absolute atomic E-state index is 12.1. The maximum Gasteiger partial charge on any atom is 0.325 e. The van der Waals surface area contributed by atoms with E-state index in [1.54, 1.807) is 16.3 Å². The Kier molecular flexibility index (Phi) is 7.67. The number of nitrogens with zero attached hydrogens (tertiary/aromatic N) is 1. The van der Waals surface area contributed by atoms with E-state index in [2.05, 4.69) is 72.0 Å². The van der Waals surface area contributed by atoms with Gasteiger partial charge in [0.2, 0.25) is 0 Å². The number of benzene rings is 1. The van der Waals surface area contributed by atoms with E-state index in [0.717, 1.165) is 25.0 Å². The minimum atomic E-state index is -1.81. The first-order chi connectivity index (χ1) is 13.0. The van der Waals surface area contributed by atoms with Gasteiger partial charge in [0, 0.05) is 5.75 Å². The lowest BCUT2D eigenvalue weighted by Gasteiger charge is -2.38. The standard InChI is InChI=1S/C22H38N2O2SSi/c1-8-15-27-24(21(23)25)20(19-13-14-19)18-11-9-17(10-12-18)16(2)26-28(6,7)22(3,4)5/h9-12,16,19-20H,8,13-15H2,1-7H3,(H2,23,25). The molecule has 2 atom stereocenters. The third-order valence-electron chi connectivity index (χ3n) is 6.00. The van der Waals surface area contributed by atoms with Gasteiger partial charge in [-0.25, -0.2) is 4.79 Å². The first-order valence-electron chi connectivity index (χ1n) is 10.5.